The largest absolute Gasteiger partial charge is 0.338 e. The molecule has 1 aromatic heterocycles. The Morgan fingerprint density at radius 2 is 2.22 bits per heavy atom. The van der Waals surface area contributed by atoms with Gasteiger partial charge >= 0.3 is 0 Å². The van der Waals surface area contributed by atoms with E-state index in [1.807, 2.05) is 0 Å². The van der Waals surface area contributed by atoms with E-state index < -0.39 is 9.84 Å². The van der Waals surface area contributed by atoms with E-state index in [4.69, 9.17) is 10.3 Å². The van der Waals surface area contributed by atoms with E-state index in [-0.39, 0.29) is 12.3 Å². The van der Waals surface area contributed by atoms with Crippen molar-refractivity contribution < 1.29 is 12.9 Å². The van der Waals surface area contributed by atoms with Crippen molar-refractivity contribution in [2.75, 3.05) is 5.75 Å². The Hall–Kier alpha value is -1.73. The lowest BCUT2D eigenvalue weighted by molar-refractivity contribution is 0.380. The van der Waals surface area contributed by atoms with Crippen molar-refractivity contribution in [3.63, 3.8) is 0 Å². The number of hydrogen-bond acceptors (Lipinski definition) is 6. The van der Waals surface area contributed by atoms with Gasteiger partial charge in [-0.2, -0.15) is 4.98 Å². The maximum absolute atomic E-state index is 11.7. The van der Waals surface area contributed by atoms with Crippen LogP contribution in [0.2, 0.25) is 0 Å². The van der Waals surface area contributed by atoms with Crippen molar-refractivity contribution in [3.8, 4) is 11.4 Å². The molecule has 0 radical (unpaired) electrons. The number of hydrogen-bond donors (Lipinski definition) is 1. The number of rotatable bonds is 2. The second-order valence-electron chi connectivity index (χ2n) is 4.11. The molecule has 2 heterocycles. The van der Waals surface area contributed by atoms with E-state index in [2.05, 4.69) is 10.1 Å². The number of benzene rings is 1. The van der Waals surface area contributed by atoms with Crippen molar-refractivity contribution in [2.45, 2.75) is 17.9 Å². The number of sulfone groups is 1. The van der Waals surface area contributed by atoms with Crippen molar-refractivity contribution in [2.24, 2.45) is 5.73 Å². The summed E-state index contributed by atoms with van der Waals surface area (Å²) in [5.41, 5.74) is 6.95. The first-order chi connectivity index (χ1) is 8.60. The van der Waals surface area contributed by atoms with E-state index in [1.54, 1.807) is 18.2 Å². The van der Waals surface area contributed by atoms with Crippen molar-refractivity contribution in [1.82, 2.24) is 10.1 Å². The Kier molecular flexibility index (Phi) is 2.46. The monoisotopic (exact) mass is 265 g/mol. The quantitative estimate of drug-likeness (QED) is 0.850. The Balaban J connectivity index is 2.06. The zero-order valence-electron chi connectivity index (χ0n) is 9.46. The average molecular weight is 265 g/mol. The fourth-order valence-electron chi connectivity index (χ4n) is 2.03. The third-order valence-corrected chi connectivity index (χ3v) is 4.75. The van der Waals surface area contributed by atoms with Crippen LogP contribution in [0.4, 0.5) is 0 Å². The second kappa shape index (κ2) is 3.89. The average Bonchev–Trinajstić information content (AvgIpc) is 2.94. The van der Waals surface area contributed by atoms with Crippen LogP contribution >= 0.6 is 0 Å². The molecule has 1 aliphatic rings. The lowest BCUT2D eigenvalue weighted by Gasteiger charge is -1.99. The van der Waals surface area contributed by atoms with Crippen molar-refractivity contribution >= 4 is 9.84 Å². The highest BCUT2D eigenvalue weighted by Gasteiger charge is 2.26. The molecule has 0 spiro atoms. The number of aryl methyl sites for hydroxylation is 1. The summed E-state index contributed by atoms with van der Waals surface area (Å²) >= 11 is 0. The maximum Gasteiger partial charge on any atom is 0.240 e. The molecule has 0 aliphatic carbocycles. The van der Waals surface area contributed by atoms with Gasteiger partial charge in [-0.15, -0.1) is 0 Å². The molecule has 6 nitrogen and oxygen atoms in total. The Labute approximate surface area is 104 Å². The van der Waals surface area contributed by atoms with Crippen LogP contribution in [0.5, 0.6) is 0 Å². The molecule has 2 N–H and O–H groups in total. The van der Waals surface area contributed by atoms with Crippen LogP contribution in [0.1, 0.15) is 11.5 Å². The molecule has 0 saturated heterocycles. The van der Waals surface area contributed by atoms with Gasteiger partial charge in [-0.3, -0.25) is 0 Å². The fraction of sp³-hybridized carbons (Fsp3) is 0.273. The van der Waals surface area contributed by atoms with Gasteiger partial charge in [0.25, 0.3) is 0 Å². The maximum atomic E-state index is 11.7. The van der Waals surface area contributed by atoms with E-state index in [0.29, 0.717) is 23.0 Å². The molecule has 0 atom stereocenters. The summed E-state index contributed by atoms with van der Waals surface area (Å²) in [5, 5.41) is 3.80. The molecule has 2 aromatic rings. The fourth-order valence-corrected chi connectivity index (χ4v) is 3.57. The highest BCUT2D eigenvalue weighted by molar-refractivity contribution is 7.91. The summed E-state index contributed by atoms with van der Waals surface area (Å²) in [7, 11) is -3.09. The molecule has 0 saturated carbocycles. The molecule has 18 heavy (non-hydrogen) atoms. The van der Waals surface area contributed by atoms with Crippen molar-refractivity contribution in [1.29, 1.82) is 0 Å². The van der Waals surface area contributed by atoms with Crippen LogP contribution < -0.4 is 5.73 Å². The SMILES string of the molecule is NCc1nc(-c2ccc3c(c2)CCS3(=O)=O)no1. The van der Waals surface area contributed by atoms with Crippen LogP contribution in [-0.4, -0.2) is 24.3 Å². The van der Waals surface area contributed by atoms with Gasteiger partial charge in [-0.05, 0) is 30.2 Å². The summed E-state index contributed by atoms with van der Waals surface area (Å²) in [6, 6.07) is 5.09. The minimum atomic E-state index is -3.09. The molecule has 0 fully saturated rings. The van der Waals surface area contributed by atoms with Gasteiger partial charge in [0.15, 0.2) is 9.84 Å². The van der Waals surface area contributed by atoms with E-state index >= 15 is 0 Å². The van der Waals surface area contributed by atoms with Gasteiger partial charge in [0.1, 0.15) is 0 Å². The smallest absolute Gasteiger partial charge is 0.240 e. The minimum absolute atomic E-state index is 0.173. The number of nitrogens with zero attached hydrogens (tertiary/aromatic N) is 2. The number of nitrogens with two attached hydrogens (primary N) is 1. The van der Waals surface area contributed by atoms with Gasteiger partial charge in [-0.25, -0.2) is 8.42 Å². The highest BCUT2D eigenvalue weighted by atomic mass is 32.2. The van der Waals surface area contributed by atoms with Gasteiger partial charge < -0.3 is 10.3 Å². The lowest BCUT2D eigenvalue weighted by atomic mass is 10.1. The third kappa shape index (κ3) is 1.72. The molecule has 0 amide bonds. The predicted molar refractivity (Wildman–Crippen MR) is 63.4 cm³/mol. The Morgan fingerprint density at radius 1 is 1.39 bits per heavy atom. The molecule has 1 aliphatic heterocycles. The molecule has 1 aromatic carbocycles. The third-order valence-electron chi connectivity index (χ3n) is 2.94. The van der Waals surface area contributed by atoms with Crippen LogP contribution in [0.25, 0.3) is 11.4 Å². The summed E-state index contributed by atoms with van der Waals surface area (Å²) < 4.78 is 28.3. The normalized spacial score (nSPS) is 16.7. The molecule has 3 rings (SSSR count). The standard InChI is InChI=1S/C11H11N3O3S/c12-6-10-13-11(14-17-10)8-1-2-9-7(5-8)3-4-18(9,15)16/h1-2,5H,3-4,6,12H2. The molecule has 94 valence electrons. The highest BCUT2D eigenvalue weighted by Crippen LogP contribution is 2.29. The first-order valence-corrected chi connectivity index (χ1v) is 7.14. The zero-order valence-corrected chi connectivity index (χ0v) is 10.3. The van der Waals surface area contributed by atoms with E-state index in [9.17, 15) is 8.42 Å². The second-order valence-corrected chi connectivity index (χ2v) is 6.18. The van der Waals surface area contributed by atoms with Crippen LogP contribution in [0.15, 0.2) is 27.6 Å². The van der Waals surface area contributed by atoms with Crippen molar-refractivity contribution in [3.05, 3.63) is 29.7 Å². The van der Waals surface area contributed by atoms with Crippen LogP contribution in [0.3, 0.4) is 0 Å². The predicted octanol–water partition coefficient (Wildman–Crippen LogP) is 0.525. The zero-order chi connectivity index (χ0) is 12.8. The van der Waals surface area contributed by atoms with E-state index in [0.717, 1.165) is 11.1 Å². The summed E-state index contributed by atoms with van der Waals surface area (Å²) in [6.07, 6.45) is 0.535. The van der Waals surface area contributed by atoms with Crippen LogP contribution in [0, 0.1) is 0 Å². The molecule has 0 bridgehead atoms. The first kappa shape index (κ1) is 11.4. The lowest BCUT2D eigenvalue weighted by Crippen LogP contribution is -1.98. The topological polar surface area (TPSA) is 99.1 Å². The molecular formula is C11H11N3O3S. The number of aromatic nitrogens is 2. The van der Waals surface area contributed by atoms with E-state index in [1.165, 1.54) is 0 Å². The molecule has 7 heteroatoms. The van der Waals surface area contributed by atoms with Gasteiger partial charge in [0.05, 0.1) is 17.2 Å². The molecule has 0 unspecified atom stereocenters. The van der Waals surface area contributed by atoms with Crippen LogP contribution in [-0.2, 0) is 22.8 Å². The summed E-state index contributed by atoms with van der Waals surface area (Å²) in [4.78, 5) is 4.52. The molecular weight excluding hydrogens is 254 g/mol. The van der Waals surface area contributed by atoms with Gasteiger partial charge in [-0.1, -0.05) is 5.16 Å². The van der Waals surface area contributed by atoms with Gasteiger partial charge in [0, 0.05) is 5.56 Å². The number of fused-ring (bicyclic) bond motifs is 1. The summed E-state index contributed by atoms with van der Waals surface area (Å²) in [5.74, 6) is 0.965. The minimum Gasteiger partial charge on any atom is -0.338 e. The summed E-state index contributed by atoms with van der Waals surface area (Å²) in [6.45, 7) is 0.187. The Bertz CT molecular complexity index is 706. The first-order valence-electron chi connectivity index (χ1n) is 5.49. The van der Waals surface area contributed by atoms with Gasteiger partial charge in [0.2, 0.25) is 11.7 Å². The Morgan fingerprint density at radius 3 is 2.94 bits per heavy atom.